The Bertz CT molecular complexity index is 532. The third kappa shape index (κ3) is 4.44. The van der Waals surface area contributed by atoms with Gasteiger partial charge in [0.25, 0.3) is 0 Å². The van der Waals surface area contributed by atoms with Crippen LogP contribution in [0.4, 0.5) is 0 Å². The molecule has 0 fully saturated rings. The summed E-state index contributed by atoms with van der Waals surface area (Å²) in [5.41, 5.74) is 0.818. The van der Waals surface area contributed by atoms with E-state index < -0.39 is 0 Å². The SMILES string of the molecule is C[S+](C)CC(=O)c1ccc(Sc2ccccc2)cc1. The molecule has 0 unspecified atom stereocenters. The zero-order valence-corrected chi connectivity index (χ0v) is 12.8. The Labute approximate surface area is 121 Å². The van der Waals surface area contributed by atoms with Gasteiger partial charge in [0.05, 0.1) is 12.5 Å². The second-order valence-corrected chi connectivity index (χ2v) is 7.90. The lowest BCUT2D eigenvalue weighted by atomic mass is 10.1. The molecule has 0 amide bonds. The average Bonchev–Trinajstić information content (AvgIpc) is 2.40. The molecule has 0 aliphatic heterocycles. The van der Waals surface area contributed by atoms with Crippen molar-refractivity contribution in [2.24, 2.45) is 0 Å². The lowest BCUT2D eigenvalue weighted by molar-refractivity contribution is 0.102. The molecule has 3 heteroatoms. The standard InChI is InChI=1S/C16H17OS2/c1-19(2)12-16(17)13-8-10-15(11-9-13)18-14-6-4-3-5-7-14/h3-11H,12H2,1-2H3/q+1. The molecule has 0 radical (unpaired) electrons. The van der Waals surface area contributed by atoms with Gasteiger partial charge in [-0.05, 0) is 35.2 Å². The van der Waals surface area contributed by atoms with Gasteiger partial charge in [0.1, 0.15) is 0 Å². The van der Waals surface area contributed by atoms with Gasteiger partial charge in [0.2, 0.25) is 5.78 Å². The Balaban J connectivity index is 2.04. The molecule has 0 atom stereocenters. The Morgan fingerprint density at radius 3 is 2.11 bits per heavy atom. The van der Waals surface area contributed by atoms with Crippen molar-refractivity contribution in [3.63, 3.8) is 0 Å². The van der Waals surface area contributed by atoms with E-state index in [2.05, 4.69) is 24.6 Å². The Morgan fingerprint density at radius 2 is 1.53 bits per heavy atom. The van der Waals surface area contributed by atoms with E-state index in [4.69, 9.17) is 0 Å². The fraction of sp³-hybridized carbons (Fsp3) is 0.188. The van der Waals surface area contributed by atoms with Crippen LogP contribution < -0.4 is 0 Å². The second kappa shape index (κ2) is 6.83. The first-order chi connectivity index (χ1) is 9.15. The molecule has 0 aliphatic rings. The lowest BCUT2D eigenvalue weighted by Crippen LogP contribution is -2.13. The third-order valence-corrected chi connectivity index (χ3v) is 4.43. The number of Topliss-reactive ketones (excluding diaryl/α,β-unsaturated/α-hetero) is 1. The van der Waals surface area contributed by atoms with Gasteiger partial charge in [-0.2, -0.15) is 0 Å². The molecule has 19 heavy (non-hydrogen) atoms. The Morgan fingerprint density at radius 1 is 0.947 bits per heavy atom. The highest BCUT2D eigenvalue weighted by Crippen LogP contribution is 2.27. The van der Waals surface area contributed by atoms with Gasteiger partial charge < -0.3 is 0 Å². The maximum absolute atomic E-state index is 11.9. The van der Waals surface area contributed by atoms with Gasteiger partial charge in [-0.15, -0.1) is 0 Å². The van der Waals surface area contributed by atoms with Crippen LogP contribution in [-0.4, -0.2) is 24.0 Å². The van der Waals surface area contributed by atoms with Crippen molar-refractivity contribution in [3.8, 4) is 0 Å². The zero-order chi connectivity index (χ0) is 13.7. The number of benzene rings is 2. The van der Waals surface area contributed by atoms with Gasteiger partial charge >= 0.3 is 0 Å². The van der Waals surface area contributed by atoms with Gasteiger partial charge in [0.15, 0.2) is 5.75 Å². The van der Waals surface area contributed by atoms with Crippen molar-refractivity contribution < 1.29 is 4.79 Å². The molecule has 2 aromatic carbocycles. The number of hydrogen-bond donors (Lipinski definition) is 0. The summed E-state index contributed by atoms with van der Waals surface area (Å²) in [5, 5.41) is 0. The zero-order valence-electron chi connectivity index (χ0n) is 11.1. The molecule has 0 N–H and O–H groups in total. The molecule has 1 nitrogen and oxygen atoms in total. The van der Waals surface area contributed by atoms with E-state index in [9.17, 15) is 4.79 Å². The highest BCUT2D eigenvalue weighted by Gasteiger charge is 2.13. The molecule has 0 saturated carbocycles. The van der Waals surface area contributed by atoms with Crippen molar-refractivity contribution in [2.45, 2.75) is 9.79 Å². The fourth-order valence-corrected chi connectivity index (χ4v) is 3.21. The molecule has 0 bridgehead atoms. The van der Waals surface area contributed by atoms with Crippen LogP contribution in [0.1, 0.15) is 10.4 Å². The summed E-state index contributed by atoms with van der Waals surface area (Å²) < 4.78 is 0. The molecule has 2 aromatic rings. The molecule has 98 valence electrons. The van der Waals surface area contributed by atoms with Gasteiger partial charge in [-0.25, -0.2) is 0 Å². The molecule has 0 spiro atoms. The van der Waals surface area contributed by atoms with E-state index in [1.165, 1.54) is 4.90 Å². The lowest BCUT2D eigenvalue weighted by Gasteiger charge is -2.03. The smallest absolute Gasteiger partial charge is 0.211 e. The van der Waals surface area contributed by atoms with Crippen LogP contribution in [-0.2, 0) is 10.9 Å². The minimum absolute atomic E-state index is 0.162. The molecule has 0 aromatic heterocycles. The van der Waals surface area contributed by atoms with Crippen molar-refractivity contribution in [1.29, 1.82) is 0 Å². The normalized spacial score (nSPS) is 10.7. The molecule has 0 aliphatic carbocycles. The maximum atomic E-state index is 11.9. The summed E-state index contributed by atoms with van der Waals surface area (Å²) >= 11 is 1.71. The first-order valence-corrected chi connectivity index (χ1v) is 9.08. The fourth-order valence-electron chi connectivity index (χ4n) is 1.68. The minimum Gasteiger partial charge on any atom is -0.289 e. The summed E-state index contributed by atoms with van der Waals surface area (Å²) in [7, 11) is 0.162. The van der Waals surface area contributed by atoms with E-state index in [-0.39, 0.29) is 16.7 Å². The number of carbonyl (C=O) groups is 1. The topological polar surface area (TPSA) is 17.1 Å². The summed E-state index contributed by atoms with van der Waals surface area (Å²) in [5.74, 6) is 0.884. The van der Waals surface area contributed by atoms with Crippen LogP contribution in [0, 0.1) is 0 Å². The number of ketones is 1. The van der Waals surface area contributed by atoms with Crippen molar-refractivity contribution >= 4 is 28.4 Å². The van der Waals surface area contributed by atoms with Crippen LogP contribution in [0.15, 0.2) is 64.4 Å². The van der Waals surface area contributed by atoms with Crippen LogP contribution in [0.3, 0.4) is 0 Å². The summed E-state index contributed by atoms with van der Waals surface area (Å²) in [4.78, 5) is 14.3. The van der Waals surface area contributed by atoms with Crippen LogP contribution in [0.2, 0.25) is 0 Å². The second-order valence-electron chi connectivity index (χ2n) is 4.49. The minimum atomic E-state index is 0.162. The van der Waals surface area contributed by atoms with E-state index in [1.54, 1.807) is 11.8 Å². The predicted molar refractivity (Wildman–Crippen MR) is 85.4 cm³/mol. The summed E-state index contributed by atoms with van der Waals surface area (Å²) in [6, 6.07) is 18.2. The first-order valence-electron chi connectivity index (χ1n) is 6.05. The van der Waals surface area contributed by atoms with Gasteiger partial charge in [-0.3, -0.25) is 4.79 Å². The van der Waals surface area contributed by atoms with Crippen LogP contribution in [0.25, 0.3) is 0 Å². The maximum Gasteiger partial charge on any atom is 0.211 e. The Kier molecular flexibility index (Phi) is 5.11. The van der Waals surface area contributed by atoms with Crippen molar-refractivity contribution in [2.75, 3.05) is 18.3 Å². The Hall–Kier alpha value is -1.19. The first kappa shape index (κ1) is 14.2. The van der Waals surface area contributed by atoms with Crippen molar-refractivity contribution in [1.82, 2.24) is 0 Å². The average molecular weight is 289 g/mol. The van der Waals surface area contributed by atoms with Crippen LogP contribution in [0.5, 0.6) is 0 Å². The van der Waals surface area contributed by atoms with E-state index in [0.29, 0.717) is 5.75 Å². The quantitative estimate of drug-likeness (QED) is 0.613. The number of rotatable bonds is 5. The monoisotopic (exact) mass is 289 g/mol. The van der Waals surface area contributed by atoms with E-state index >= 15 is 0 Å². The van der Waals surface area contributed by atoms with Gasteiger partial charge in [-0.1, -0.05) is 42.1 Å². The van der Waals surface area contributed by atoms with Crippen LogP contribution >= 0.6 is 11.8 Å². The molecule has 0 heterocycles. The van der Waals surface area contributed by atoms with Crippen molar-refractivity contribution in [3.05, 3.63) is 60.2 Å². The predicted octanol–water partition coefficient (Wildman–Crippen LogP) is 3.90. The molecular formula is C16H17OS2+. The van der Waals surface area contributed by atoms with E-state index in [1.807, 2.05) is 42.5 Å². The highest BCUT2D eigenvalue weighted by atomic mass is 32.2. The molecular weight excluding hydrogens is 272 g/mol. The highest BCUT2D eigenvalue weighted by molar-refractivity contribution is 7.99. The molecule has 2 rings (SSSR count). The number of hydrogen-bond acceptors (Lipinski definition) is 2. The van der Waals surface area contributed by atoms with Gasteiger partial charge in [0, 0.05) is 15.4 Å². The summed E-state index contributed by atoms with van der Waals surface area (Å²) in [6.07, 6.45) is 4.19. The number of carbonyl (C=O) groups excluding carboxylic acids is 1. The third-order valence-electron chi connectivity index (χ3n) is 2.57. The summed E-state index contributed by atoms with van der Waals surface area (Å²) in [6.45, 7) is 0. The molecule has 0 saturated heterocycles. The largest absolute Gasteiger partial charge is 0.289 e. The van der Waals surface area contributed by atoms with E-state index in [0.717, 1.165) is 10.5 Å².